The normalized spacial score (nSPS) is 14.7. The molecule has 0 spiro atoms. The summed E-state index contributed by atoms with van der Waals surface area (Å²) in [6.07, 6.45) is 5.29. The molecule has 3 aromatic rings. The van der Waals surface area contributed by atoms with E-state index in [1.165, 1.54) is 0 Å². The molecule has 0 amide bonds. The highest BCUT2D eigenvalue weighted by atomic mass is 16.5. The van der Waals surface area contributed by atoms with Crippen LogP contribution in [0.5, 0.6) is 17.4 Å². The molecule has 0 unspecified atom stereocenters. The number of rotatable bonds is 5. The van der Waals surface area contributed by atoms with E-state index in [4.69, 9.17) is 25.4 Å². The van der Waals surface area contributed by atoms with Gasteiger partial charge in [-0.05, 0) is 35.7 Å². The number of nitrogens with one attached hydrogen (secondary N) is 1. The van der Waals surface area contributed by atoms with Crippen LogP contribution >= 0.6 is 0 Å². The maximum atomic E-state index is 7.51. The average Bonchev–Trinajstić information content (AvgIpc) is 2.75. The first-order valence-corrected chi connectivity index (χ1v) is 10.1. The Hall–Kier alpha value is -3.61. The fourth-order valence-electron chi connectivity index (χ4n) is 3.40. The van der Waals surface area contributed by atoms with Crippen molar-refractivity contribution in [3.63, 3.8) is 0 Å². The fourth-order valence-corrected chi connectivity index (χ4v) is 3.40. The molecule has 31 heavy (non-hydrogen) atoms. The largest absolute Gasteiger partial charge is 0.493 e. The lowest BCUT2D eigenvalue weighted by Crippen LogP contribution is -2.22. The topological polar surface area (TPSA) is 103 Å². The summed E-state index contributed by atoms with van der Waals surface area (Å²) < 4.78 is 17.5. The zero-order valence-corrected chi connectivity index (χ0v) is 17.9. The van der Waals surface area contributed by atoms with Gasteiger partial charge in [-0.2, -0.15) is 0 Å². The molecule has 0 aliphatic carbocycles. The van der Waals surface area contributed by atoms with E-state index in [2.05, 4.69) is 30.7 Å². The van der Waals surface area contributed by atoms with Crippen LogP contribution in [0.4, 0.5) is 0 Å². The third-order valence-corrected chi connectivity index (χ3v) is 4.89. The second-order valence-electron chi connectivity index (χ2n) is 8.74. The van der Waals surface area contributed by atoms with Crippen LogP contribution in [0.15, 0.2) is 55.0 Å². The lowest BCUT2D eigenvalue weighted by molar-refractivity contribution is 0.197. The Balaban J connectivity index is 1.73. The SMILES string of the molecule is CC(C)(C)COc1ccc2c(c1)[C@@H](COC(=N)N)c1cc(-c3cccnc3)cnc1O2. The molecule has 1 aromatic carbocycles. The number of ether oxygens (including phenoxy) is 3. The van der Waals surface area contributed by atoms with Crippen molar-refractivity contribution in [3.05, 3.63) is 66.1 Å². The highest BCUT2D eigenvalue weighted by molar-refractivity contribution is 5.68. The number of benzene rings is 1. The Kier molecular flexibility index (Phi) is 5.50. The summed E-state index contributed by atoms with van der Waals surface area (Å²) in [6.45, 7) is 7.16. The van der Waals surface area contributed by atoms with Crippen molar-refractivity contribution in [2.75, 3.05) is 13.2 Å². The summed E-state index contributed by atoms with van der Waals surface area (Å²) in [6, 6.07) is 11.3. The molecule has 0 fully saturated rings. The zero-order valence-electron chi connectivity index (χ0n) is 17.9. The molecular formula is C24H26N4O3. The van der Waals surface area contributed by atoms with Gasteiger partial charge >= 0.3 is 0 Å². The predicted molar refractivity (Wildman–Crippen MR) is 119 cm³/mol. The van der Waals surface area contributed by atoms with E-state index in [0.717, 1.165) is 28.0 Å². The predicted octanol–water partition coefficient (Wildman–Crippen LogP) is 4.72. The van der Waals surface area contributed by atoms with Crippen LogP contribution in [-0.2, 0) is 4.74 Å². The second kappa shape index (κ2) is 8.26. The number of hydrogen-bond acceptors (Lipinski definition) is 6. The smallest absolute Gasteiger partial charge is 0.279 e. The molecule has 3 N–H and O–H groups in total. The lowest BCUT2D eigenvalue weighted by Gasteiger charge is -2.28. The van der Waals surface area contributed by atoms with Gasteiger partial charge in [0, 0.05) is 40.8 Å². The first-order valence-electron chi connectivity index (χ1n) is 10.1. The van der Waals surface area contributed by atoms with Crippen LogP contribution in [0.1, 0.15) is 37.8 Å². The molecule has 4 rings (SSSR count). The van der Waals surface area contributed by atoms with Gasteiger partial charge in [-0.15, -0.1) is 0 Å². The lowest BCUT2D eigenvalue weighted by atomic mass is 9.88. The van der Waals surface area contributed by atoms with Crippen molar-refractivity contribution < 1.29 is 14.2 Å². The molecule has 0 saturated carbocycles. The summed E-state index contributed by atoms with van der Waals surface area (Å²) >= 11 is 0. The monoisotopic (exact) mass is 418 g/mol. The van der Waals surface area contributed by atoms with Crippen molar-refractivity contribution in [1.82, 2.24) is 9.97 Å². The fraction of sp³-hybridized carbons (Fsp3) is 0.292. The van der Waals surface area contributed by atoms with Gasteiger partial charge in [0.1, 0.15) is 18.1 Å². The van der Waals surface area contributed by atoms with E-state index in [0.29, 0.717) is 18.2 Å². The molecule has 1 atom stereocenters. The number of pyridine rings is 2. The Bertz CT molecular complexity index is 1090. The third kappa shape index (κ3) is 4.77. The molecule has 0 saturated heterocycles. The molecular weight excluding hydrogens is 392 g/mol. The molecule has 0 radical (unpaired) electrons. The Morgan fingerprint density at radius 1 is 1.13 bits per heavy atom. The van der Waals surface area contributed by atoms with Gasteiger partial charge in [-0.25, -0.2) is 4.98 Å². The number of hydrogen-bond donors (Lipinski definition) is 2. The second-order valence-corrected chi connectivity index (χ2v) is 8.74. The standard InChI is InChI=1S/C24H26N4O3/c1-24(2,3)14-30-17-6-7-21-18(10-17)20(13-29-23(25)26)19-9-16(12-28-22(19)31-21)15-5-4-8-27-11-15/h4-12,20H,13-14H2,1-3H3,(H3,25,26)/t20-/m1/s1. The summed E-state index contributed by atoms with van der Waals surface area (Å²) in [5.41, 5.74) is 9.17. The van der Waals surface area contributed by atoms with Crippen LogP contribution in [0.3, 0.4) is 0 Å². The van der Waals surface area contributed by atoms with Crippen molar-refractivity contribution in [2.45, 2.75) is 26.7 Å². The van der Waals surface area contributed by atoms with E-state index < -0.39 is 0 Å². The van der Waals surface area contributed by atoms with Crippen LogP contribution in [0.2, 0.25) is 0 Å². The molecule has 0 bridgehead atoms. The van der Waals surface area contributed by atoms with Crippen LogP contribution < -0.4 is 15.2 Å². The number of nitrogens with zero attached hydrogens (tertiary/aromatic N) is 2. The van der Waals surface area contributed by atoms with E-state index in [1.54, 1.807) is 18.6 Å². The number of nitrogens with two attached hydrogens (primary N) is 1. The first-order chi connectivity index (χ1) is 14.8. The van der Waals surface area contributed by atoms with E-state index in [9.17, 15) is 0 Å². The highest BCUT2D eigenvalue weighted by Gasteiger charge is 2.30. The van der Waals surface area contributed by atoms with Crippen LogP contribution in [-0.4, -0.2) is 29.2 Å². The van der Waals surface area contributed by atoms with Crippen molar-refractivity contribution in [2.24, 2.45) is 11.1 Å². The van der Waals surface area contributed by atoms with E-state index in [1.807, 2.05) is 36.4 Å². The molecule has 160 valence electrons. The maximum absolute atomic E-state index is 7.51. The minimum absolute atomic E-state index is 0.0404. The van der Waals surface area contributed by atoms with Crippen molar-refractivity contribution in [1.29, 1.82) is 5.41 Å². The average molecular weight is 418 g/mol. The van der Waals surface area contributed by atoms with Gasteiger partial charge in [0.05, 0.1) is 12.5 Å². The third-order valence-electron chi connectivity index (χ3n) is 4.89. The highest BCUT2D eigenvalue weighted by Crippen LogP contribution is 2.45. The first kappa shape index (κ1) is 20.7. The zero-order chi connectivity index (χ0) is 22.0. The quantitative estimate of drug-likeness (QED) is 0.459. The van der Waals surface area contributed by atoms with Gasteiger partial charge in [-0.3, -0.25) is 10.4 Å². The van der Waals surface area contributed by atoms with Crippen molar-refractivity contribution >= 4 is 6.02 Å². The van der Waals surface area contributed by atoms with Gasteiger partial charge in [0.2, 0.25) is 5.88 Å². The molecule has 1 aliphatic heterocycles. The minimum Gasteiger partial charge on any atom is -0.493 e. The van der Waals surface area contributed by atoms with Gasteiger partial charge in [0.15, 0.2) is 0 Å². The van der Waals surface area contributed by atoms with Gasteiger partial charge in [0.25, 0.3) is 6.02 Å². The number of amidine groups is 1. The summed E-state index contributed by atoms with van der Waals surface area (Å²) in [5, 5.41) is 7.51. The van der Waals surface area contributed by atoms with Crippen molar-refractivity contribution in [3.8, 4) is 28.5 Å². The summed E-state index contributed by atoms with van der Waals surface area (Å²) in [7, 11) is 0. The summed E-state index contributed by atoms with van der Waals surface area (Å²) in [5.74, 6) is 1.74. The van der Waals surface area contributed by atoms with Crippen LogP contribution in [0, 0.1) is 10.8 Å². The van der Waals surface area contributed by atoms with E-state index in [-0.39, 0.29) is 24.0 Å². The Labute approximate surface area is 181 Å². The number of fused-ring (bicyclic) bond motifs is 2. The molecule has 2 aromatic heterocycles. The van der Waals surface area contributed by atoms with Gasteiger partial charge < -0.3 is 19.9 Å². The molecule has 7 nitrogen and oxygen atoms in total. The Morgan fingerprint density at radius 3 is 2.68 bits per heavy atom. The minimum atomic E-state index is -0.328. The molecule has 3 heterocycles. The van der Waals surface area contributed by atoms with Crippen LogP contribution in [0.25, 0.3) is 11.1 Å². The molecule has 1 aliphatic rings. The number of aromatic nitrogens is 2. The van der Waals surface area contributed by atoms with Gasteiger partial charge in [-0.1, -0.05) is 26.8 Å². The van der Waals surface area contributed by atoms with E-state index >= 15 is 0 Å². The Morgan fingerprint density at radius 2 is 1.97 bits per heavy atom. The molecule has 7 heteroatoms. The summed E-state index contributed by atoms with van der Waals surface area (Å²) in [4.78, 5) is 8.74. The maximum Gasteiger partial charge on any atom is 0.279 e.